The Balaban J connectivity index is 3.89. The Kier molecular flexibility index (Phi) is 14.7. The number of hydrogen-bond acceptors (Lipinski definition) is 4. The van der Waals surface area contributed by atoms with Crippen molar-refractivity contribution in [3.8, 4) is 0 Å². The quantitative estimate of drug-likeness (QED) is 0.284. The van der Waals surface area contributed by atoms with Crippen LogP contribution in [-0.2, 0) is 4.79 Å². The summed E-state index contributed by atoms with van der Waals surface area (Å²) in [5, 5.41) is 37.8. The molecule has 0 aliphatic rings. The summed E-state index contributed by atoms with van der Waals surface area (Å²) in [6, 6.07) is 0. The molecule has 0 radical (unpaired) electrons. The fourth-order valence-electron chi connectivity index (χ4n) is 1.99. The summed E-state index contributed by atoms with van der Waals surface area (Å²) in [4.78, 5) is 10.3. The lowest BCUT2D eigenvalue weighted by Gasteiger charge is -2.12. The molecule has 3 atom stereocenters. The van der Waals surface area contributed by atoms with Crippen LogP contribution >= 0.6 is 0 Å². The van der Waals surface area contributed by atoms with Gasteiger partial charge in [0.15, 0.2) is 0 Å². The Morgan fingerprint density at radius 2 is 1.60 bits per heavy atom. The second-order valence-electron chi connectivity index (χ2n) is 5.83. The lowest BCUT2D eigenvalue weighted by atomic mass is 10.1. The number of aliphatic hydroxyl groups excluding tert-OH is 3. The number of allylic oxidation sites excluding steroid dienone is 4. The van der Waals surface area contributed by atoms with Gasteiger partial charge < -0.3 is 20.4 Å². The van der Waals surface area contributed by atoms with Crippen LogP contribution in [0.5, 0.6) is 0 Å². The molecule has 0 aliphatic carbocycles. The first-order chi connectivity index (χ1) is 12.0. The molecule has 0 saturated heterocycles. The predicted octanol–water partition coefficient (Wildman–Crippen LogP) is 3.13. The van der Waals surface area contributed by atoms with Crippen molar-refractivity contribution in [2.75, 3.05) is 0 Å². The maximum atomic E-state index is 10.3. The monoisotopic (exact) mass is 352 g/mol. The number of carbonyl (C=O) groups is 1. The van der Waals surface area contributed by atoms with Crippen LogP contribution in [0, 0.1) is 0 Å². The number of rotatable bonds is 14. The van der Waals surface area contributed by atoms with E-state index in [9.17, 15) is 20.1 Å². The highest BCUT2D eigenvalue weighted by Gasteiger charge is 2.11. The molecule has 5 heteroatoms. The van der Waals surface area contributed by atoms with E-state index in [0.29, 0.717) is 19.3 Å². The summed E-state index contributed by atoms with van der Waals surface area (Å²) < 4.78 is 0. The first kappa shape index (κ1) is 23.3. The minimum atomic E-state index is -0.992. The van der Waals surface area contributed by atoms with Gasteiger partial charge in [-0.3, -0.25) is 4.79 Å². The van der Waals surface area contributed by atoms with Crippen LogP contribution in [0.25, 0.3) is 0 Å². The second kappa shape index (κ2) is 15.8. The first-order valence-electron chi connectivity index (χ1n) is 8.86. The molecule has 5 nitrogen and oxygen atoms in total. The van der Waals surface area contributed by atoms with Gasteiger partial charge >= 0.3 is 5.97 Å². The van der Waals surface area contributed by atoms with Crippen LogP contribution in [0.2, 0.25) is 0 Å². The van der Waals surface area contributed by atoms with Crippen molar-refractivity contribution in [3.63, 3.8) is 0 Å². The first-order valence-corrected chi connectivity index (χ1v) is 8.86. The Labute approximate surface area is 150 Å². The number of unbranched alkanes of at least 4 members (excludes halogenated alkanes) is 1. The van der Waals surface area contributed by atoms with Crippen LogP contribution in [0.1, 0.15) is 51.9 Å². The largest absolute Gasteiger partial charge is 0.481 e. The highest BCUT2D eigenvalue weighted by Crippen LogP contribution is 2.05. The van der Waals surface area contributed by atoms with E-state index in [-0.39, 0.29) is 6.42 Å². The zero-order valence-corrected chi connectivity index (χ0v) is 15.0. The highest BCUT2D eigenvalue weighted by atomic mass is 16.4. The molecule has 0 rings (SSSR count). The van der Waals surface area contributed by atoms with E-state index in [4.69, 9.17) is 5.11 Å². The van der Waals surface area contributed by atoms with Gasteiger partial charge in [-0.05, 0) is 38.5 Å². The maximum absolute atomic E-state index is 10.3. The molecule has 0 bridgehead atoms. The molecule has 142 valence electrons. The Bertz CT molecular complexity index is 451. The molecule has 0 aromatic rings. The number of aliphatic carboxylic acids is 1. The third-order valence-corrected chi connectivity index (χ3v) is 3.45. The fraction of sp³-hybridized carbons (Fsp3) is 0.550. The highest BCUT2D eigenvalue weighted by molar-refractivity contribution is 5.66. The number of hydrogen-bond donors (Lipinski definition) is 4. The molecule has 0 unspecified atom stereocenters. The number of carboxylic acids is 1. The molecule has 4 N–H and O–H groups in total. The zero-order chi connectivity index (χ0) is 18.9. The molecule has 0 amide bonds. The minimum Gasteiger partial charge on any atom is -0.481 e. The summed E-state index contributed by atoms with van der Waals surface area (Å²) in [5.74, 6) is -0.773. The fourth-order valence-corrected chi connectivity index (χ4v) is 1.99. The van der Waals surface area contributed by atoms with Crippen LogP contribution in [0.4, 0.5) is 0 Å². The summed E-state index contributed by atoms with van der Waals surface area (Å²) in [7, 11) is 0. The average molecular weight is 352 g/mol. The van der Waals surface area contributed by atoms with Gasteiger partial charge in [0.1, 0.15) is 0 Å². The van der Waals surface area contributed by atoms with E-state index in [1.54, 1.807) is 0 Å². The van der Waals surface area contributed by atoms with Crippen molar-refractivity contribution in [2.45, 2.75) is 70.2 Å². The Morgan fingerprint density at radius 1 is 0.920 bits per heavy atom. The van der Waals surface area contributed by atoms with Gasteiger partial charge in [-0.1, -0.05) is 55.5 Å². The molecule has 0 heterocycles. The van der Waals surface area contributed by atoms with E-state index in [2.05, 4.69) is 0 Å². The van der Waals surface area contributed by atoms with E-state index in [0.717, 1.165) is 19.3 Å². The molecule has 0 aliphatic heterocycles. The Morgan fingerprint density at radius 3 is 2.28 bits per heavy atom. The van der Waals surface area contributed by atoms with Crippen molar-refractivity contribution in [3.05, 3.63) is 48.6 Å². The van der Waals surface area contributed by atoms with Crippen LogP contribution in [-0.4, -0.2) is 44.7 Å². The lowest BCUT2D eigenvalue weighted by molar-refractivity contribution is -0.137. The summed E-state index contributed by atoms with van der Waals surface area (Å²) in [6.45, 7) is 2.00. The molecule has 0 spiro atoms. The second-order valence-corrected chi connectivity index (χ2v) is 5.83. The van der Waals surface area contributed by atoms with E-state index in [1.165, 1.54) is 12.2 Å². The van der Waals surface area contributed by atoms with Gasteiger partial charge in [-0.25, -0.2) is 0 Å². The van der Waals surface area contributed by atoms with Crippen molar-refractivity contribution in [1.29, 1.82) is 0 Å². The van der Waals surface area contributed by atoms with Gasteiger partial charge in [0.25, 0.3) is 0 Å². The average Bonchev–Trinajstić information content (AvgIpc) is 2.57. The van der Waals surface area contributed by atoms with Crippen molar-refractivity contribution in [2.24, 2.45) is 0 Å². The normalized spacial score (nSPS) is 16.3. The van der Waals surface area contributed by atoms with Crippen LogP contribution in [0.15, 0.2) is 48.6 Å². The molecule has 25 heavy (non-hydrogen) atoms. The van der Waals surface area contributed by atoms with Crippen LogP contribution in [0.3, 0.4) is 0 Å². The Hall–Kier alpha value is -1.69. The molecule has 0 aromatic carbocycles. The van der Waals surface area contributed by atoms with Gasteiger partial charge in [0, 0.05) is 6.42 Å². The van der Waals surface area contributed by atoms with Gasteiger partial charge in [0.05, 0.1) is 18.3 Å². The number of carboxylic acid groups (broad SMARTS) is 1. The molecule has 0 fully saturated rings. The maximum Gasteiger partial charge on any atom is 0.303 e. The van der Waals surface area contributed by atoms with Gasteiger partial charge in [0.2, 0.25) is 0 Å². The summed E-state index contributed by atoms with van der Waals surface area (Å²) >= 11 is 0. The van der Waals surface area contributed by atoms with Crippen LogP contribution < -0.4 is 0 Å². The van der Waals surface area contributed by atoms with E-state index >= 15 is 0 Å². The summed E-state index contributed by atoms with van der Waals surface area (Å²) in [6.07, 6.45) is 15.8. The third kappa shape index (κ3) is 15.6. The van der Waals surface area contributed by atoms with E-state index < -0.39 is 24.3 Å². The number of aliphatic hydroxyl groups is 3. The third-order valence-electron chi connectivity index (χ3n) is 3.45. The SMILES string of the molecule is CC/C=C\C[C@H](O)[C@H](O)/C=C/[C@@H](O)C/C=C\C/C=C\CCCC(=O)O. The minimum absolute atomic E-state index is 0.189. The zero-order valence-electron chi connectivity index (χ0n) is 15.0. The lowest BCUT2D eigenvalue weighted by Crippen LogP contribution is -2.23. The standard InChI is InChI=1S/C20H32O5/c1-2-3-9-13-18(22)19(23)16-15-17(21)12-10-7-5-4-6-8-11-14-20(24)25/h3-4,6-7,9-10,15-19,21-23H,2,5,8,11-14H2,1H3,(H,24,25)/b6-4-,9-3-,10-7-,16-15+/t17-,18-,19+/m0/s1. The smallest absolute Gasteiger partial charge is 0.303 e. The predicted molar refractivity (Wildman–Crippen MR) is 100 cm³/mol. The van der Waals surface area contributed by atoms with E-state index in [1.807, 2.05) is 43.4 Å². The molecule has 0 saturated carbocycles. The molecular weight excluding hydrogens is 320 g/mol. The van der Waals surface area contributed by atoms with Crippen molar-refractivity contribution >= 4 is 5.97 Å². The summed E-state index contributed by atoms with van der Waals surface area (Å²) in [5.41, 5.74) is 0. The van der Waals surface area contributed by atoms with Crippen molar-refractivity contribution < 1.29 is 25.2 Å². The molecular formula is C20H32O5. The van der Waals surface area contributed by atoms with Crippen molar-refractivity contribution in [1.82, 2.24) is 0 Å². The van der Waals surface area contributed by atoms with Gasteiger partial charge in [-0.15, -0.1) is 0 Å². The topological polar surface area (TPSA) is 98.0 Å². The molecule has 0 aromatic heterocycles. The van der Waals surface area contributed by atoms with Gasteiger partial charge in [-0.2, -0.15) is 0 Å².